The Morgan fingerprint density at radius 3 is 2.40 bits per heavy atom. The second kappa shape index (κ2) is 5.39. The third-order valence-corrected chi connectivity index (χ3v) is 4.49. The molecule has 0 unspecified atom stereocenters. The summed E-state index contributed by atoms with van der Waals surface area (Å²) in [5.74, 6) is 0.940. The van der Waals surface area contributed by atoms with E-state index in [0.29, 0.717) is 5.41 Å². The summed E-state index contributed by atoms with van der Waals surface area (Å²) in [7, 11) is 0. The smallest absolute Gasteiger partial charge is 0.148 e. The lowest BCUT2D eigenvalue weighted by molar-refractivity contribution is 0.233. The first-order valence-electron chi connectivity index (χ1n) is 7.64. The number of benzene rings is 1. The fourth-order valence-corrected chi connectivity index (χ4v) is 3.13. The van der Waals surface area contributed by atoms with Crippen molar-refractivity contribution < 1.29 is 0 Å². The molecule has 1 N–H and O–H groups in total. The second-order valence-electron chi connectivity index (χ2n) is 6.37. The average molecular weight is 269 g/mol. The zero-order valence-electron chi connectivity index (χ0n) is 12.4. The SMILES string of the molecule is Cc1nc2ccccc2nc1NCC1(C)CCCCC1. The molecule has 106 valence electrons. The minimum absolute atomic E-state index is 0.415. The molecular weight excluding hydrogens is 246 g/mol. The maximum atomic E-state index is 4.72. The van der Waals surface area contributed by atoms with Crippen LogP contribution in [-0.4, -0.2) is 16.5 Å². The van der Waals surface area contributed by atoms with Gasteiger partial charge in [0.25, 0.3) is 0 Å². The summed E-state index contributed by atoms with van der Waals surface area (Å²) < 4.78 is 0. The number of hydrogen-bond acceptors (Lipinski definition) is 3. The zero-order valence-corrected chi connectivity index (χ0v) is 12.4. The number of aryl methyl sites for hydroxylation is 1. The first-order chi connectivity index (χ1) is 9.66. The van der Waals surface area contributed by atoms with Crippen LogP contribution in [0.2, 0.25) is 0 Å². The van der Waals surface area contributed by atoms with Gasteiger partial charge in [0, 0.05) is 6.54 Å². The van der Waals surface area contributed by atoms with Gasteiger partial charge in [-0.3, -0.25) is 0 Å². The number of aromatic nitrogens is 2. The number of anilines is 1. The number of para-hydroxylation sites is 2. The molecule has 2 aromatic rings. The minimum atomic E-state index is 0.415. The summed E-state index contributed by atoms with van der Waals surface area (Å²) in [5.41, 5.74) is 3.34. The molecule has 20 heavy (non-hydrogen) atoms. The molecule has 0 radical (unpaired) electrons. The fourth-order valence-electron chi connectivity index (χ4n) is 3.13. The molecule has 0 aliphatic heterocycles. The maximum absolute atomic E-state index is 4.72. The van der Waals surface area contributed by atoms with Gasteiger partial charge in [-0.2, -0.15) is 0 Å². The summed E-state index contributed by atoms with van der Waals surface area (Å²) in [4.78, 5) is 9.35. The molecule has 1 saturated carbocycles. The van der Waals surface area contributed by atoms with E-state index >= 15 is 0 Å². The van der Waals surface area contributed by atoms with E-state index in [0.717, 1.165) is 29.1 Å². The molecule has 3 rings (SSSR count). The highest BCUT2D eigenvalue weighted by Crippen LogP contribution is 2.35. The molecule has 3 nitrogen and oxygen atoms in total. The van der Waals surface area contributed by atoms with Crippen molar-refractivity contribution in [3.63, 3.8) is 0 Å². The molecule has 1 fully saturated rings. The molecule has 1 aliphatic rings. The molecule has 0 atom stereocenters. The van der Waals surface area contributed by atoms with Gasteiger partial charge in [0.05, 0.1) is 16.7 Å². The number of nitrogens with one attached hydrogen (secondary N) is 1. The van der Waals surface area contributed by atoms with E-state index in [1.54, 1.807) is 0 Å². The second-order valence-corrected chi connectivity index (χ2v) is 6.37. The Balaban J connectivity index is 1.78. The molecule has 0 spiro atoms. The largest absolute Gasteiger partial charge is 0.368 e. The van der Waals surface area contributed by atoms with Crippen molar-refractivity contribution >= 4 is 16.9 Å². The molecular formula is C17H23N3. The van der Waals surface area contributed by atoms with Gasteiger partial charge in [-0.1, -0.05) is 38.3 Å². The van der Waals surface area contributed by atoms with Gasteiger partial charge in [0.2, 0.25) is 0 Å². The van der Waals surface area contributed by atoms with Crippen LogP contribution in [0.3, 0.4) is 0 Å². The van der Waals surface area contributed by atoms with E-state index in [4.69, 9.17) is 4.98 Å². The van der Waals surface area contributed by atoms with Crippen molar-refractivity contribution in [2.24, 2.45) is 5.41 Å². The van der Waals surface area contributed by atoms with Crippen molar-refractivity contribution in [2.75, 3.05) is 11.9 Å². The lowest BCUT2D eigenvalue weighted by atomic mass is 9.76. The van der Waals surface area contributed by atoms with Crippen molar-refractivity contribution in [2.45, 2.75) is 46.0 Å². The van der Waals surface area contributed by atoms with Crippen LogP contribution in [0, 0.1) is 12.3 Å². The normalized spacial score (nSPS) is 18.1. The van der Waals surface area contributed by atoms with Gasteiger partial charge >= 0.3 is 0 Å². The molecule has 1 aromatic carbocycles. The molecule has 3 heteroatoms. The zero-order chi connectivity index (χ0) is 14.0. The van der Waals surface area contributed by atoms with Crippen LogP contribution < -0.4 is 5.32 Å². The number of nitrogens with zero attached hydrogens (tertiary/aromatic N) is 2. The first kappa shape index (κ1) is 13.3. The van der Waals surface area contributed by atoms with Gasteiger partial charge < -0.3 is 5.32 Å². The van der Waals surface area contributed by atoms with Crippen LogP contribution in [-0.2, 0) is 0 Å². The number of rotatable bonds is 3. The van der Waals surface area contributed by atoms with E-state index in [1.807, 2.05) is 31.2 Å². The lowest BCUT2D eigenvalue weighted by Gasteiger charge is -2.34. The highest BCUT2D eigenvalue weighted by Gasteiger charge is 2.26. The van der Waals surface area contributed by atoms with Crippen molar-refractivity contribution in [1.82, 2.24) is 9.97 Å². The molecule has 0 bridgehead atoms. The van der Waals surface area contributed by atoms with Gasteiger partial charge in [-0.25, -0.2) is 9.97 Å². The molecule has 1 heterocycles. The van der Waals surface area contributed by atoms with E-state index in [-0.39, 0.29) is 0 Å². The predicted molar refractivity (Wildman–Crippen MR) is 84.0 cm³/mol. The van der Waals surface area contributed by atoms with E-state index in [1.165, 1.54) is 32.1 Å². The lowest BCUT2D eigenvalue weighted by Crippen LogP contribution is -2.29. The van der Waals surface area contributed by atoms with E-state index in [2.05, 4.69) is 17.2 Å². The van der Waals surface area contributed by atoms with Gasteiger partial charge in [-0.05, 0) is 37.3 Å². The molecule has 1 aliphatic carbocycles. The standard InChI is InChI=1S/C17H23N3/c1-13-16(18-12-17(2)10-6-3-7-11-17)20-15-9-5-4-8-14(15)19-13/h4-5,8-9H,3,6-7,10-12H2,1-2H3,(H,18,20). The Morgan fingerprint density at radius 2 is 1.70 bits per heavy atom. The van der Waals surface area contributed by atoms with Crippen LogP contribution >= 0.6 is 0 Å². The first-order valence-corrected chi connectivity index (χ1v) is 7.64. The highest BCUT2D eigenvalue weighted by atomic mass is 15.0. The summed E-state index contributed by atoms with van der Waals surface area (Å²) >= 11 is 0. The summed E-state index contributed by atoms with van der Waals surface area (Å²) in [6.07, 6.45) is 6.76. The third kappa shape index (κ3) is 2.77. The van der Waals surface area contributed by atoms with Crippen molar-refractivity contribution in [1.29, 1.82) is 0 Å². The Morgan fingerprint density at radius 1 is 1.05 bits per heavy atom. The van der Waals surface area contributed by atoms with Crippen LogP contribution in [0.25, 0.3) is 11.0 Å². The van der Waals surface area contributed by atoms with Crippen LogP contribution in [0.1, 0.15) is 44.7 Å². The third-order valence-electron chi connectivity index (χ3n) is 4.49. The summed E-state index contributed by atoms with van der Waals surface area (Å²) in [6, 6.07) is 8.06. The topological polar surface area (TPSA) is 37.8 Å². The molecule has 1 aromatic heterocycles. The maximum Gasteiger partial charge on any atom is 0.148 e. The van der Waals surface area contributed by atoms with Crippen molar-refractivity contribution in [3.8, 4) is 0 Å². The molecule has 0 amide bonds. The highest BCUT2D eigenvalue weighted by molar-refractivity contribution is 5.76. The number of hydrogen-bond donors (Lipinski definition) is 1. The summed E-state index contributed by atoms with van der Waals surface area (Å²) in [5, 5.41) is 3.54. The number of fused-ring (bicyclic) bond motifs is 1. The summed E-state index contributed by atoms with van der Waals surface area (Å²) in [6.45, 7) is 5.43. The van der Waals surface area contributed by atoms with Crippen LogP contribution in [0.5, 0.6) is 0 Å². The van der Waals surface area contributed by atoms with E-state index < -0.39 is 0 Å². The minimum Gasteiger partial charge on any atom is -0.368 e. The Labute approximate surface area is 120 Å². The Hall–Kier alpha value is -1.64. The Kier molecular flexibility index (Phi) is 3.60. The van der Waals surface area contributed by atoms with Crippen LogP contribution in [0.4, 0.5) is 5.82 Å². The fraction of sp³-hybridized carbons (Fsp3) is 0.529. The Bertz CT molecular complexity index is 600. The van der Waals surface area contributed by atoms with Crippen LogP contribution in [0.15, 0.2) is 24.3 Å². The van der Waals surface area contributed by atoms with Gasteiger partial charge in [0.1, 0.15) is 5.82 Å². The van der Waals surface area contributed by atoms with Gasteiger partial charge in [0.15, 0.2) is 0 Å². The molecule has 0 saturated heterocycles. The van der Waals surface area contributed by atoms with E-state index in [9.17, 15) is 0 Å². The monoisotopic (exact) mass is 269 g/mol. The average Bonchev–Trinajstić information content (AvgIpc) is 2.46. The predicted octanol–water partition coefficient (Wildman–Crippen LogP) is 4.32. The van der Waals surface area contributed by atoms with Crippen molar-refractivity contribution in [3.05, 3.63) is 30.0 Å². The van der Waals surface area contributed by atoms with Gasteiger partial charge in [-0.15, -0.1) is 0 Å². The quantitative estimate of drug-likeness (QED) is 0.901.